The maximum Gasteiger partial charge on any atom is 0.490 e. The van der Waals surface area contributed by atoms with Gasteiger partial charge in [0.25, 0.3) is 11.8 Å². The molecule has 52 heavy (non-hydrogen) atoms. The predicted octanol–water partition coefficient (Wildman–Crippen LogP) is 1.85. The van der Waals surface area contributed by atoms with Crippen molar-refractivity contribution in [3.05, 3.63) is 0 Å². The van der Waals surface area contributed by atoms with E-state index in [-0.39, 0.29) is 12.0 Å². The van der Waals surface area contributed by atoms with Crippen LogP contribution in [0.3, 0.4) is 0 Å². The number of rotatable bonds is 20. The number of halogens is 9. The lowest BCUT2D eigenvalue weighted by molar-refractivity contribution is -0.193. The molecule has 0 aromatic carbocycles. The van der Waals surface area contributed by atoms with E-state index >= 15 is 0 Å². The minimum absolute atomic E-state index is 0.139. The van der Waals surface area contributed by atoms with Crippen LogP contribution >= 0.6 is 0 Å². The van der Waals surface area contributed by atoms with Crippen molar-refractivity contribution >= 4 is 35.7 Å². The number of nitrogens with one attached hydrogen (secondary N) is 3. The van der Waals surface area contributed by atoms with Gasteiger partial charge in [0.05, 0.1) is 0 Å². The number of unbranched alkanes of at least 4 members (excludes halogenated alkanes) is 6. The molecular formula is C27H48F9N7O9. The molecule has 0 saturated heterocycles. The molecule has 2 unspecified atom stereocenters. The Bertz CT molecular complexity index is 985. The molecule has 0 saturated carbocycles. The van der Waals surface area contributed by atoms with Crippen molar-refractivity contribution in [2.45, 2.75) is 95.4 Å². The Morgan fingerprint density at radius 2 is 0.962 bits per heavy atom. The molecule has 308 valence electrons. The van der Waals surface area contributed by atoms with Crippen LogP contribution in [-0.2, 0) is 28.7 Å². The Kier molecular flexibility index (Phi) is 32.0. The number of aliphatic imine (C=N–C) groups is 1. The van der Waals surface area contributed by atoms with Gasteiger partial charge in [0.1, 0.15) is 0 Å². The summed E-state index contributed by atoms with van der Waals surface area (Å²) in [4.78, 5) is 55.0. The number of hydrogen-bond acceptors (Lipinski definition) is 9. The third kappa shape index (κ3) is 40.3. The Morgan fingerprint density at radius 1 is 0.635 bits per heavy atom. The number of alkyl halides is 9. The molecule has 0 aliphatic carbocycles. The quantitative estimate of drug-likeness (QED) is 0.0281. The van der Waals surface area contributed by atoms with Gasteiger partial charge in [-0.25, -0.2) is 14.4 Å². The molecule has 0 aromatic heterocycles. The SMILES string of the molecule is COC(C(=O)NCCCCCCCCN=C(N)N)C(=O)NCCCCNCCC(C)N.O=C(O)C(F)(F)F.O=C(O)C(F)(F)F.O=C(O)C(F)(F)F. The van der Waals surface area contributed by atoms with E-state index in [0.29, 0.717) is 19.6 Å². The van der Waals surface area contributed by atoms with Crippen LogP contribution in [0.5, 0.6) is 0 Å². The summed E-state index contributed by atoms with van der Waals surface area (Å²) in [6.45, 7) is 5.49. The summed E-state index contributed by atoms with van der Waals surface area (Å²) >= 11 is 0. The number of aliphatic carboxylic acids is 3. The molecular weight excluding hydrogens is 737 g/mol. The number of carbonyl (C=O) groups is 5. The van der Waals surface area contributed by atoms with Gasteiger partial charge in [-0.2, -0.15) is 39.5 Å². The maximum absolute atomic E-state index is 12.2. The highest BCUT2D eigenvalue weighted by Gasteiger charge is 2.39. The van der Waals surface area contributed by atoms with E-state index in [9.17, 15) is 49.1 Å². The second kappa shape index (κ2) is 30.5. The van der Waals surface area contributed by atoms with E-state index < -0.39 is 54.4 Å². The largest absolute Gasteiger partial charge is 0.490 e. The minimum atomic E-state index is -5.08. The number of hydrogen-bond donors (Lipinski definition) is 9. The summed E-state index contributed by atoms with van der Waals surface area (Å²) in [5.41, 5.74) is 16.2. The normalized spacial score (nSPS) is 12.2. The van der Waals surface area contributed by atoms with E-state index in [2.05, 4.69) is 20.9 Å². The lowest BCUT2D eigenvalue weighted by atomic mass is 10.1. The smallest absolute Gasteiger partial charge is 0.475 e. The molecule has 0 fully saturated rings. The molecule has 16 nitrogen and oxygen atoms in total. The molecule has 0 aromatic rings. The zero-order chi connectivity index (χ0) is 41.6. The van der Waals surface area contributed by atoms with E-state index in [1.807, 2.05) is 6.92 Å². The molecule has 0 heterocycles. The second-order valence-corrected chi connectivity index (χ2v) is 10.3. The Labute approximate surface area is 293 Å². The molecule has 0 radical (unpaired) electrons. The van der Waals surface area contributed by atoms with Crippen molar-refractivity contribution < 1.29 is 83.5 Å². The number of guanidine groups is 1. The number of carboxylic acid groups (broad SMARTS) is 3. The van der Waals surface area contributed by atoms with Gasteiger partial charge in [-0.05, 0) is 52.1 Å². The van der Waals surface area contributed by atoms with Crippen LogP contribution in [0.15, 0.2) is 4.99 Å². The van der Waals surface area contributed by atoms with Crippen molar-refractivity contribution in [1.82, 2.24) is 16.0 Å². The van der Waals surface area contributed by atoms with Gasteiger partial charge in [-0.3, -0.25) is 14.6 Å². The van der Waals surface area contributed by atoms with Crippen molar-refractivity contribution in [1.29, 1.82) is 0 Å². The molecule has 0 spiro atoms. The summed E-state index contributed by atoms with van der Waals surface area (Å²) in [5, 5.41) is 30.2. The molecule has 0 rings (SSSR count). The Balaban J connectivity index is -0.000000439. The number of nitrogens with zero attached hydrogens (tertiary/aromatic N) is 1. The average Bonchev–Trinajstić information content (AvgIpc) is 2.99. The molecule has 2 amide bonds. The van der Waals surface area contributed by atoms with Gasteiger partial charge >= 0.3 is 36.4 Å². The van der Waals surface area contributed by atoms with Crippen LogP contribution in [0.25, 0.3) is 0 Å². The molecule has 0 aliphatic heterocycles. The van der Waals surface area contributed by atoms with Crippen LogP contribution in [-0.4, -0.2) is 122 Å². The molecule has 0 bridgehead atoms. The van der Waals surface area contributed by atoms with E-state index in [1.54, 1.807) is 0 Å². The first-order chi connectivity index (χ1) is 23.7. The predicted molar refractivity (Wildman–Crippen MR) is 167 cm³/mol. The first kappa shape index (κ1) is 54.6. The third-order valence-electron chi connectivity index (χ3n) is 5.47. The fraction of sp³-hybridized carbons (Fsp3) is 0.778. The number of methoxy groups -OCH3 is 1. The lowest BCUT2D eigenvalue weighted by Crippen LogP contribution is -2.47. The first-order valence-electron chi connectivity index (χ1n) is 15.2. The van der Waals surface area contributed by atoms with E-state index in [1.165, 1.54) is 7.11 Å². The van der Waals surface area contributed by atoms with Gasteiger partial charge in [0.2, 0.25) is 6.10 Å². The number of nitrogens with two attached hydrogens (primary N) is 3. The standard InChI is InChI=1S/C21H45N7O3.3C2HF3O2/c1-17(22)11-16-25-12-9-10-14-27-20(30)18(31-2)19(29)26-13-7-5-3-4-6-8-15-28-21(23)24;3*3-2(4,5)1(6)7/h17-18,25H,3-16,22H2,1-2H3,(H,26,29)(H,27,30)(H4,23,24,28);3*(H,6,7). The number of carboxylic acids is 3. The first-order valence-corrected chi connectivity index (χ1v) is 15.2. The van der Waals surface area contributed by atoms with E-state index in [4.69, 9.17) is 51.6 Å². The van der Waals surface area contributed by atoms with Gasteiger partial charge in [-0.1, -0.05) is 25.7 Å². The highest BCUT2D eigenvalue weighted by molar-refractivity contribution is 6.03. The van der Waals surface area contributed by atoms with Gasteiger partial charge in [0, 0.05) is 32.8 Å². The molecule has 12 N–H and O–H groups in total. The monoisotopic (exact) mass is 785 g/mol. The minimum Gasteiger partial charge on any atom is -0.475 e. The van der Waals surface area contributed by atoms with Crippen LogP contribution in [0.1, 0.15) is 64.7 Å². The van der Waals surface area contributed by atoms with Gasteiger partial charge in [-0.15, -0.1) is 0 Å². The van der Waals surface area contributed by atoms with Crippen LogP contribution in [0.4, 0.5) is 39.5 Å². The van der Waals surface area contributed by atoms with E-state index in [0.717, 1.165) is 70.9 Å². The van der Waals surface area contributed by atoms with Crippen LogP contribution < -0.4 is 33.2 Å². The Morgan fingerprint density at radius 3 is 1.29 bits per heavy atom. The van der Waals surface area contributed by atoms with Crippen molar-refractivity contribution in [3.8, 4) is 0 Å². The number of carbonyl (C=O) groups excluding carboxylic acids is 2. The maximum atomic E-state index is 12.2. The molecule has 0 aliphatic rings. The summed E-state index contributed by atoms with van der Waals surface area (Å²) in [6.07, 6.45) is -7.50. The van der Waals surface area contributed by atoms with Crippen LogP contribution in [0.2, 0.25) is 0 Å². The number of ether oxygens (including phenoxy) is 1. The molecule has 2 atom stereocenters. The van der Waals surface area contributed by atoms with Crippen molar-refractivity contribution in [3.63, 3.8) is 0 Å². The zero-order valence-corrected chi connectivity index (χ0v) is 28.4. The summed E-state index contributed by atoms with van der Waals surface area (Å²) in [7, 11) is 1.37. The lowest BCUT2D eigenvalue weighted by Gasteiger charge is -2.15. The summed E-state index contributed by atoms with van der Waals surface area (Å²) in [6, 6.07) is 0.205. The zero-order valence-electron chi connectivity index (χ0n) is 28.4. The van der Waals surface area contributed by atoms with Crippen molar-refractivity contribution in [2.75, 3.05) is 39.8 Å². The highest BCUT2D eigenvalue weighted by Crippen LogP contribution is 2.14. The Hall–Kier alpha value is -4.13. The topological polar surface area (TPSA) is 282 Å². The van der Waals surface area contributed by atoms with Gasteiger partial charge < -0.3 is 53.2 Å². The second-order valence-electron chi connectivity index (χ2n) is 10.3. The third-order valence-corrected chi connectivity index (χ3v) is 5.47. The summed E-state index contributed by atoms with van der Waals surface area (Å²) < 4.78 is 100. The van der Waals surface area contributed by atoms with Gasteiger partial charge in [0.15, 0.2) is 5.96 Å². The molecule has 25 heteroatoms. The van der Waals surface area contributed by atoms with Crippen molar-refractivity contribution in [2.24, 2.45) is 22.2 Å². The summed E-state index contributed by atoms with van der Waals surface area (Å²) in [5.74, 6) is -8.92. The number of amides is 2. The fourth-order valence-corrected chi connectivity index (χ4v) is 2.92. The highest BCUT2D eigenvalue weighted by atomic mass is 19.4. The van der Waals surface area contributed by atoms with Crippen LogP contribution in [0, 0.1) is 0 Å². The average molecular weight is 786 g/mol. The fourth-order valence-electron chi connectivity index (χ4n) is 2.92.